The lowest BCUT2D eigenvalue weighted by atomic mass is 9.98. The fourth-order valence-corrected chi connectivity index (χ4v) is 2.48. The average molecular weight is 240 g/mol. The highest BCUT2D eigenvalue weighted by Gasteiger charge is 2.29. The van der Waals surface area contributed by atoms with E-state index in [2.05, 4.69) is 39.9 Å². The Bertz CT molecular complexity index is 251. The van der Waals surface area contributed by atoms with Crippen LogP contribution in [0.3, 0.4) is 0 Å². The SMILES string of the molecule is CC(C)CN(C(=O)C1CCCC(C)N1)C(C)C. The predicted octanol–water partition coefficient (Wildman–Crippen LogP) is 2.41. The fraction of sp³-hybridized carbons (Fsp3) is 0.929. The molecule has 0 saturated carbocycles. The van der Waals surface area contributed by atoms with Crippen LogP contribution in [-0.2, 0) is 4.79 Å². The number of piperidine rings is 1. The lowest BCUT2D eigenvalue weighted by Crippen LogP contribution is -2.53. The first-order valence-corrected chi connectivity index (χ1v) is 6.98. The van der Waals surface area contributed by atoms with Gasteiger partial charge in [0.2, 0.25) is 5.91 Å². The van der Waals surface area contributed by atoms with Gasteiger partial charge in [-0.25, -0.2) is 0 Å². The smallest absolute Gasteiger partial charge is 0.239 e. The van der Waals surface area contributed by atoms with Crippen molar-refractivity contribution in [3.05, 3.63) is 0 Å². The van der Waals surface area contributed by atoms with Gasteiger partial charge >= 0.3 is 0 Å². The lowest BCUT2D eigenvalue weighted by molar-refractivity contribution is -0.136. The summed E-state index contributed by atoms with van der Waals surface area (Å²) in [5.74, 6) is 0.822. The molecular weight excluding hydrogens is 212 g/mol. The van der Waals surface area contributed by atoms with Gasteiger partial charge in [-0.05, 0) is 46.0 Å². The average Bonchev–Trinajstić information content (AvgIpc) is 2.24. The molecule has 100 valence electrons. The quantitative estimate of drug-likeness (QED) is 0.818. The molecule has 0 spiro atoms. The van der Waals surface area contributed by atoms with Crippen molar-refractivity contribution in [2.24, 2.45) is 5.92 Å². The third kappa shape index (κ3) is 4.30. The van der Waals surface area contributed by atoms with E-state index < -0.39 is 0 Å². The Hall–Kier alpha value is -0.570. The van der Waals surface area contributed by atoms with Crippen LogP contribution in [-0.4, -0.2) is 35.5 Å². The molecule has 1 fully saturated rings. The third-order valence-electron chi connectivity index (χ3n) is 3.38. The van der Waals surface area contributed by atoms with Gasteiger partial charge in [-0.3, -0.25) is 4.79 Å². The van der Waals surface area contributed by atoms with Crippen LogP contribution in [0.25, 0.3) is 0 Å². The second-order valence-corrected chi connectivity index (χ2v) is 6.03. The monoisotopic (exact) mass is 240 g/mol. The zero-order chi connectivity index (χ0) is 13.0. The normalized spacial score (nSPS) is 25.4. The molecule has 0 aromatic carbocycles. The van der Waals surface area contributed by atoms with E-state index in [0.717, 1.165) is 19.4 Å². The van der Waals surface area contributed by atoms with E-state index in [-0.39, 0.29) is 6.04 Å². The maximum absolute atomic E-state index is 12.5. The van der Waals surface area contributed by atoms with Crippen molar-refractivity contribution >= 4 is 5.91 Å². The molecule has 2 atom stereocenters. The van der Waals surface area contributed by atoms with E-state index in [1.807, 2.05) is 4.90 Å². The highest BCUT2D eigenvalue weighted by molar-refractivity contribution is 5.82. The minimum Gasteiger partial charge on any atom is -0.339 e. The molecule has 0 bridgehead atoms. The summed E-state index contributed by atoms with van der Waals surface area (Å²) in [5.41, 5.74) is 0. The standard InChI is InChI=1S/C14H28N2O/c1-10(2)9-16(11(3)4)14(17)13-8-6-7-12(5)15-13/h10-13,15H,6-9H2,1-5H3. The zero-order valence-electron chi connectivity index (χ0n) is 12.0. The topological polar surface area (TPSA) is 32.3 Å². The van der Waals surface area contributed by atoms with Gasteiger partial charge in [0.25, 0.3) is 0 Å². The van der Waals surface area contributed by atoms with Gasteiger partial charge in [0, 0.05) is 18.6 Å². The summed E-state index contributed by atoms with van der Waals surface area (Å²) >= 11 is 0. The first-order valence-electron chi connectivity index (χ1n) is 6.98. The number of amides is 1. The summed E-state index contributed by atoms with van der Waals surface area (Å²) in [4.78, 5) is 14.5. The molecule has 0 aromatic rings. The van der Waals surface area contributed by atoms with Gasteiger partial charge in [0.15, 0.2) is 0 Å². The molecule has 1 N–H and O–H groups in total. The Morgan fingerprint density at radius 3 is 2.41 bits per heavy atom. The van der Waals surface area contributed by atoms with Crippen LogP contribution >= 0.6 is 0 Å². The highest BCUT2D eigenvalue weighted by Crippen LogP contribution is 2.16. The minimum absolute atomic E-state index is 0.0416. The van der Waals surface area contributed by atoms with E-state index in [9.17, 15) is 4.79 Å². The van der Waals surface area contributed by atoms with Crippen molar-refractivity contribution in [3.63, 3.8) is 0 Å². The van der Waals surface area contributed by atoms with Crippen LogP contribution in [0.1, 0.15) is 53.9 Å². The molecule has 1 saturated heterocycles. The van der Waals surface area contributed by atoms with Gasteiger partial charge in [-0.1, -0.05) is 13.8 Å². The Labute approximate surface area is 106 Å². The first-order chi connectivity index (χ1) is 7.91. The molecule has 17 heavy (non-hydrogen) atoms. The summed E-state index contributed by atoms with van der Waals surface area (Å²) < 4.78 is 0. The number of carbonyl (C=O) groups is 1. The van der Waals surface area contributed by atoms with E-state index in [0.29, 0.717) is 23.9 Å². The molecule has 1 amide bonds. The number of nitrogens with zero attached hydrogens (tertiary/aromatic N) is 1. The van der Waals surface area contributed by atoms with Crippen LogP contribution in [0.5, 0.6) is 0 Å². The summed E-state index contributed by atoms with van der Waals surface area (Å²) in [7, 11) is 0. The molecule has 0 aromatic heterocycles. The number of hydrogen-bond acceptors (Lipinski definition) is 2. The van der Waals surface area contributed by atoms with E-state index in [1.54, 1.807) is 0 Å². The van der Waals surface area contributed by atoms with Crippen LogP contribution < -0.4 is 5.32 Å². The van der Waals surface area contributed by atoms with E-state index in [1.165, 1.54) is 6.42 Å². The molecule has 0 radical (unpaired) electrons. The molecule has 1 heterocycles. The summed E-state index contributed by atoms with van der Waals surface area (Å²) in [6.07, 6.45) is 3.35. The van der Waals surface area contributed by atoms with Gasteiger partial charge in [-0.15, -0.1) is 0 Å². The van der Waals surface area contributed by atoms with E-state index in [4.69, 9.17) is 0 Å². The number of rotatable bonds is 4. The van der Waals surface area contributed by atoms with Gasteiger partial charge in [0.1, 0.15) is 0 Å². The van der Waals surface area contributed by atoms with Crippen LogP contribution in [0.4, 0.5) is 0 Å². The molecule has 3 heteroatoms. The third-order valence-corrected chi connectivity index (χ3v) is 3.38. The Morgan fingerprint density at radius 1 is 1.29 bits per heavy atom. The zero-order valence-corrected chi connectivity index (χ0v) is 12.0. The molecule has 1 aliphatic rings. The van der Waals surface area contributed by atoms with Crippen molar-refractivity contribution in [1.29, 1.82) is 0 Å². The van der Waals surface area contributed by atoms with Crippen molar-refractivity contribution < 1.29 is 4.79 Å². The molecular formula is C14H28N2O. The number of hydrogen-bond donors (Lipinski definition) is 1. The second-order valence-electron chi connectivity index (χ2n) is 6.03. The number of nitrogens with one attached hydrogen (secondary N) is 1. The van der Waals surface area contributed by atoms with E-state index >= 15 is 0 Å². The summed E-state index contributed by atoms with van der Waals surface area (Å²) in [5, 5.41) is 3.43. The summed E-state index contributed by atoms with van der Waals surface area (Å²) in [6.45, 7) is 11.6. The molecule has 1 aliphatic heterocycles. The number of carbonyl (C=O) groups excluding carboxylic acids is 1. The van der Waals surface area contributed by atoms with Crippen LogP contribution in [0.2, 0.25) is 0 Å². The Balaban J connectivity index is 2.63. The van der Waals surface area contributed by atoms with Crippen molar-refractivity contribution in [3.8, 4) is 0 Å². The molecule has 1 rings (SSSR count). The first kappa shape index (κ1) is 14.5. The van der Waals surface area contributed by atoms with Crippen molar-refractivity contribution in [1.82, 2.24) is 10.2 Å². The van der Waals surface area contributed by atoms with Gasteiger partial charge in [0.05, 0.1) is 6.04 Å². The largest absolute Gasteiger partial charge is 0.339 e. The highest BCUT2D eigenvalue weighted by atomic mass is 16.2. The maximum Gasteiger partial charge on any atom is 0.239 e. The van der Waals surface area contributed by atoms with Gasteiger partial charge < -0.3 is 10.2 Å². The molecule has 2 unspecified atom stereocenters. The van der Waals surface area contributed by atoms with Gasteiger partial charge in [-0.2, -0.15) is 0 Å². The molecule has 3 nitrogen and oxygen atoms in total. The predicted molar refractivity (Wildman–Crippen MR) is 71.9 cm³/mol. The Kier molecular flexibility index (Phi) is 5.44. The fourth-order valence-electron chi connectivity index (χ4n) is 2.48. The maximum atomic E-state index is 12.5. The molecule has 0 aliphatic carbocycles. The van der Waals surface area contributed by atoms with Crippen LogP contribution in [0, 0.1) is 5.92 Å². The minimum atomic E-state index is 0.0416. The Morgan fingerprint density at radius 2 is 1.94 bits per heavy atom. The lowest BCUT2D eigenvalue weighted by Gasteiger charge is -2.35. The van der Waals surface area contributed by atoms with Crippen molar-refractivity contribution in [2.75, 3.05) is 6.54 Å². The van der Waals surface area contributed by atoms with Crippen LogP contribution in [0.15, 0.2) is 0 Å². The van der Waals surface area contributed by atoms with Crippen molar-refractivity contribution in [2.45, 2.75) is 72.0 Å². The summed E-state index contributed by atoms with van der Waals surface area (Å²) in [6, 6.07) is 0.814. The second kappa shape index (κ2) is 6.39.